The van der Waals surface area contributed by atoms with E-state index >= 15 is 0 Å². The Hall–Kier alpha value is -2.72. The number of rotatable bonds is 8. The SMILES string of the molecule is COc1ccc(OC)c(P(C(C)(C)C)C(C)(C)C)c1-c1c(C(C)C)cc(C(C)C)cc1C(C)C.CS(=O)(=O)O.Nc1ccccc1-c1cccc[c]1[Pd]. The Labute approximate surface area is 333 Å². The predicted molar refractivity (Wildman–Crippen MR) is 227 cm³/mol. The number of para-hydroxylation sites is 1. The molecule has 0 aliphatic rings. The summed E-state index contributed by atoms with van der Waals surface area (Å²) in [5.41, 5.74) is 15.7. The van der Waals surface area contributed by atoms with Gasteiger partial charge in [0.2, 0.25) is 0 Å². The van der Waals surface area contributed by atoms with E-state index in [-0.39, 0.29) is 10.3 Å². The van der Waals surface area contributed by atoms with Crippen molar-refractivity contribution in [2.45, 2.75) is 111 Å². The standard InChI is InChI=1S/C31H49O2P.C12H10N.CH4O3S.Pd/c1-19(2)22-17-23(20(3)4)27(24(18-22)21(5)6)28-25(32-13)15-16-26(33-14)29(28)34(30(7,8)9)31(10,11)12;13-12-9-5-4-8-11(12)10-6-2-1-3-7-10;1-5(2,3)4;/h15-21H,1-14H3;1-6,8-9H,13H2;1H3,(H,2,3,4);. The number of hydrogen-bond acceptors (Lipinski definition) is 5. The van der Waals surface area contributed by atoms with Gasteiger partial charge in [-0.15, -0.1) is 0 Å². The molecule has 3 N–H and O–H groups in total. The fourth-order valence-electron chi connectivity index (χ4n) is 6.68. The number of ether oxygens (including phenoxy) is 2. The van der Waals surface area contributed by atoms with Crippen LogP contribution in [0.15, 0.2) is 72.8 Å². The van der Waals surface area contributed by atoms with E-state index in [1.165, 1.54) is 33.1 Å². The molecule has 9 heteroatoms. The average Bonchev–Trinajstić information content (AvgIpc) is 3.02. The third kappa shape index (κ3) is 12.9. The van der Waals surface area contributed by atoms with Crippen molar-refractivity contribution in [2.24, 2.45) is 0 Å². The Kier molecular flexibility index (Phi) is 16.9. The van der Waals surface area contributed by atoms with Gasteiger partial charge in [0.15, 0.2) is 0 Å². The molecule has 0 fully saturated rings. The molecule has 53 heavy (non-hydrogen) atoms. The molecule has 0 saturated carbocycles. The normalized spacial score (nSPS) is 12.0. The second-order valence-corrected chi connectivity index (χ2v) is 22.3. The van der Waals surface area contributed by atoms with Crippen molar-refractivity contribution in [3.05, 3.63) is 89.5 Å². The Morgan fingerprint density at radius 1 is 0.679 bits per heavy atom. The van der Waals surface area contributed by atoms with E-state index in [0.717, 1.165) is 32.3 Å². The molecule has 4 aromatic rings. The van der Waals surface area contributed by atoms with E-state index < -0.39 is 18.0 Å². The van der Waals surface area contributed by atoms with Gasteiger partial charge < -0.3 is 9.47 Å². The molecule has 4 aromatic carbocycles. The minimum absolute atomic E-state index is 0.0931. The van der Waals surface area contributed by atoms with Gasteiger partial charge in [-0.25, -0.2) is 0 Å². The van der Waals surface area contributed by atoms with Gasteiger partial charge in [0, 0.05) is 10.9 Å². The number of methoxy groups -OCH3 is 2. The summed E-state index contributed by atoms with van der Waals surface area (Å²) in [5, 5.41) is 1.52. The quantitative estimate of drug-likeness (QED) is 0.0793. The Morgan fingerprint density at radius 3 is 1.47 bits per heavy atom. The molecular formula is C44H63NO5PPdS. The van der Waals surface area contributed by atoms with Crippen molar-refractivity contribution in [1.29, 1.82) is 0 Å². The monoisotopic (exact) mass is 854 g/mol. The Bertz CT molecular complexity index is 1830. The first-order valence-corrected chi connectivity index (χ1v) is 22.0. The number of hydrogen-bond donors (Lipinski definition) is 2. The van der Waals surface area contributed by atoms with Crippen LogP contribution in [0.5, 0.6) is 11.5 Å². The van der Waals surface area contributed by atoms with Gasteiger partial charge in [-0.3, -0.25) is 4.55 Å². The zero-order valence-corrected chi connectivity index (χ0v) is 37.8. The van der Waals surface area contributed by atoms with Crippen LogP contribution in [0, 0.1) is 0 Å². The van der Waals surface area contributed by atoms with E-state index in [1.54, 1.807) is 7.11 Å². The summed E-state index contributed by atoms with van der Waals surface area (Å²) in [6, 6.07) is 25.1. The minimum atomic E-state index is -3.67. The van der Waals surface area contributed by atoms with Crippen LogP contribution >= 0.6 is 7.92 Å². The van der Waals surface area contributed by atoms with Gasteiger partial charge in [-0.2, -0.15) is 8.42 Å². The van der Waals surface area contributed by atoms with E-state index in [0.29, 0.717) is 24.0 Å². The number of benzene rings is 4. The van der Waals surface area contributed by atoms with Crippen LogP contribution in [0.2, 0.25) is 0 Å². The van der Waals surface area contributed by atoms with Crippen molar-refractivity contribution < 1.29 is 41.6 Å². The fourth-order valence-corrected chi connectivity index (χ4v) is 11.4. The van der Waals surface area contributed by atoms with E-state index in [1.807, 2.05) is 49.6 Å². The van der Waals surface area contributed by atoms with Crippen molar-refractivity contribution >= 4 is 33.1 Å². The van der Waals surface area contributed by atoms with Gasteiger partial charge in [-0.1, -0.05) is 103 Å². The van der Waals surface area contributed by atoms with Gasteiger partial charge >= 0.3 is 94.3 Å². The average molecular weight is 855 g/mol. The van der Waals surface area contributed by atoms with Crippen molar-refractivity contribution in [1.82, 2.24) is 0 Å². The molecule has 0 aliphatic heterocycles. The number of nitrogen functional groups attached to an aromatic ring is 1. The molecule has 0 unspecified atom stereocenters. The van der Waals surface area contributed by atoms with Crippen LogP contribution < -0.4 is 24.5 Å². The van der Waals surface area contributed by atoms with E-state index in [4.69, 9.17) is 19.8 Å². The van der Waals surface area contributed by atoms with Crippen LogP contribution in [0.1, 0.15) is 118 Å². The summed E-state index contributed by atoms with van der Waals surface area (Å²) >= 11 is 3.23. The van der Waals surface area contributed by atoms with Crippen molar-refractivity contribution in [3.63, 3.8) is 0 Å². The first-order chi connectivity index (χ1) is 24.3. The first kappa shape index (κ1) is 46.4. The zero-order valence-electron chi connectivity index (χ0n) is 34.5. The van der Waals surface area contributed by atoms with E-state index in [9.17, 15) is 8.42 Å². The van der Waals surface area contributed by atoms with Gasteiger partial charge in [0.1, 0.15) is 11.5 Å². The summed E-state index contributed by atoms with van der Waals surface area (Å²) in [6.45, 7) is 28.1. The van der Waals surface area contributed by atoms with Gasteiger partial charge in [0.05, 0.1) is 20.5 Å². The van der Waals surface area contributed by atoms with Crippen LogP contribution in [0.25, 0.3) is 22.3 Å². The summed E-state index contributed by atoms with van der Waals surface area (Å²) in [4.78, 5) is 0. The zero-order chi connectivity index (χ0) is 40.6. The molecule has 0 amide bonds. The molecule has 0 atom stereocenters. The maximum absolute atomic E-state index is 9.19. The van der Waals surface area contributed by atoms with Crippen molar-refractivity contribution in [3.8, 4) is 33.8 Å². The molecule has 6 nitrogen and oxygen atoms in total. The molecule has 0 bridgehead atoms. The number of anilines is 1. The molecular weight excluding hydrogens is 792 g/mol. The Balaban J connectivity index is 0.000000416. The third-order valence-corrected chi connectivity index (χ3v) is 12.8. The summed E-state index contributed by atoms with van der Waals surface area (Å²) in [7, 11) is -0.674. The molecule has 0 aromatic heterocycles. The Morgan fingerprint density at radius 2 is 1.09 bits per heavy atom. The van der Waals surface area contributed by atoms with Crippen molar-refractivity contribution in [2.75, 3.05) is 26.2 Å². The first-order valence-electron chi connectivity index (χ1n) is 18.1. The van der Waals surface area contributed by atoms with Crippen LogP contribution in [0.4, 0.5) is 5.69 Å². The molecule has 4 rings (SSSR count). The van der Waals surface area contributed by atoms with Gasteiger partial charge in [-0.05, 0) is 62.5 Å². The fraction of sp³-hybridized carbons (Fsp3) is 0.455. The molecule has 295 valence electrons. The molecule has 0 radical (unpaired) electrons. The second kappa shape index (κ2) is 19.2. The number of nitrogens with two attached hydrogens (primary N) is 1. The molecule has 0 aliphatic carbocycles. The maximum atomic E-state index is 9.19. The predicted octanol–water partition coefficient (Wildman–Crippen LogP) is 11.1. The third-order valence-electron chi connectivity index (χ3n) is 8.59. The van der Waals surface area contributed by atoms with E-state index in [2.05, 4.69) is 133 Å². The topological polar surface area (TPSA) is 98.8 Å². The molecule has 0 saturated heterocycles. The molecule has 0 heterocycles. The molecule has 0 spiro atoms. The summed E-state index contributed by atoms with van der Waals surface area (Å²) in [5.74, 6) is 3.19. The summed E-state index contributed by atoms with van der Waals surface area (Å²) < 4.78 is 39.2. The van der Waals surface area contributed by atoms with Crippen LogP contribution in [-0.4, -0.2) is 43.8 Å². The van der Waals surface area contributed by atoms with Gasteiger partial charge in [0.25, 0.3) is 10.1 Å². The van der Waals surface area contributed by atoms with Crippen LogP contribution in [-0.2, 0) is 29.3 Å². The second-order valence-electron chi connectivity index (χ2n) is 16.2. The van der Waals surface area contributed by atoms with Crippen LogP contribution in [0.3, 0.4) is 0 Å². The summed E-state index contributed by atoms with van der Waals surface area (Å²) in [6.07, 6.45) is 0.715.